The largest absolute Gasteiger partial charge is 0.504 e. The highest BCUT2D eigenvalue weighted by atomic mass is 16.5. The maximum absolute atomic E-state index is 10.1. The number of phenols is 1. The van der Waals surface area contributed by atoms with Crippen LogP contribution in [0.5, 0.6) is 11.5 Å². The van der Waals surface area contributed by atoms with Crippen LogP contribution in [0.25, 0.3) is 0 Å². The molecule has 0 saturated carbocycles. The lowest BCUT2D eigenvalue weighted by Crippen LogP contribution is -2.44. The number of benzene rings is 2. The lowest BCUT2D eigenvalue weighted by atomic mass is 10.2. The zero-order valence-electron chi connectivity index (χ0n) is 13.2. The van der Waals surface area contributed by atoms with Gasteiger partial charge in [-0.05, 0) is 24.3 Å². The van der Waals surface area contributed by atoms with Crippen LogP contribution in [-0.2, 0) is 0 Å². The first-order chi connectivity index (χ1) is 11.3. The molecule has 1 saturated heterocycles. The van der Waals surface area contributed by atoms with E-state index in [4.69, 9.17) is 4.74 Å². The Morgan fingerprint density at radius 3 is 2.43 bits per heavy atom. The number of aromatic hydroxyl groups is 1. The molecular weight excluding hydrogens is 290 g/mol. The molecule has 3 rings (SSSR count). The van der Waals surface area contributed by atoms with Crippen molar-refractivity contribution < 1.29 is 9.84 Å². The predicted molar refractivity (Wildman–Crippen MR) is 92.5 cm³/mol. The monoisotopic (exact) mass is 311 g/mol. The highest BCUT2D eigenvalue weighted by Gasteiger charge is 2.15. The second-order valence-corrected chi connectivity index (χ2v) is 5.42. The van der Waals surface area contributed by atoms with Crippen LogP contribution in [0, 0.1) is 0 Å². The molecule has 120 valence electrons. The standard InChI is InChI=1S/C18H21N3O2/c1-23-17-9-5-6-15(18(17)22)14-19-21-12-10-20(11-13-21)16-7-3-2-4-8-16/h2-9,14,22H,10-13H2,1H3/b19-14-. The molecule has 2 aromatic carbocycles. The summed E-state index contributed by atoms with van der Waals surface area (Å²) >= 11 is 0. The molecule has 23 heavy (non-hydrogen) atoms. The summed E-state index contributed by atoms with van der Waals surface area (Å²) in [5.41, 5.74) is 1.91. The van der Waals surface area contributed by atoms with Gasteiger partial charge in [0.25, 0.3) is 0 Å². The summed E-state index contributed by atoms with van der Waals surface area (Å²) in [5.74, 6) is 0.588. The van der Waals surface area contributed by atoms with E-state index in [1.807, 2.05) is 23.2 Å². The number of rotatable bonds is 4. The molecule has 5 nitrogen and oxygen atoms in total. The van der Waals surface area contributed by atoms with Crippen LogP contribution < -0.4 is 9.64 Å². The first kappa shape index (κ1) is 15.2. The maximum atomic E-state index is 10.1. The van der Waals surface area contributed by atoms with Crippen LogP contribution in [0.1, 0.15) is 5.56 Å². The molecule has 0 bridgehead atoms. The summed E-state index contributed by atoms with van der Waals surface area (Å²) in [4.78, 5) is 2.36. The van der Waals surface area contributed by atoms with E-state index < -0.39 is 0 Å². The van der Waals surface area contributed by atoms with Crippen LogP contribution in [0.3, 0.4) is 0 Å². The number of hydrogen-bond donors (Lipinski definition) is 1. The second kappa shape index (κ2) is 7.05. The Bertz CT molecular complexity index is 665. The Balaban J connectivity index is 1.61. The molecule has 0 radical (unpaired) electrons. The number of phenolic OH excluding ortho intramolecular Hbond substituents is 1. The molecule has 5 heteroatoms. The Labute approximate surface area is 136 Å². The highest BCUT2D eigenvalue weighted by molar-refractivity contribution is 5.84. The number of methoxy groups -OCH3 is 1. The highest BCUT2D eigenvalue weighted by Crippen LogP contribution is 2.28. The summed E-state index contributed by atoms with van der Waals surface area (Å²) in [5, 5.41) is 16.6. The molecule has 0 amide bonds. The molecule has 0 atom stereocenters. The first-order valence-electron chi connectivity index (χ1n) is 7.73. The van der Waals surface area contributed by atoms with Crippen LogP contribution in [0.4, 0.5) is 5.69 Å². The van der Waals surface area contributed by atoms with E-state index in [-0.39, 0.29) is 5.75 Å². The van der Waals surface area contributed by atoms with E-state index in [0.717, 1.165) is 26.2 Å². The van der Waals surface area contributed by atoms with Gasteiger partial charge in [-0.2, -0.15) is 5.10 Å². The van der Waals surface area contributed by atoms with Crippen molar-refractivity contribution in [3.05, 3.63) is 54.1 Å². The van der Waals surface area contributed by atoms with Gasteiger partial charge in [-0.1, -0.05) is 24.3 Å². The molecule has 0 unspecified atom stereocenters. The Morgan fingerprint density at radius 1 is 1.00 bits per heavy atom. The second-order valence-electron chi connectivity index (χ2n) is 5.42. The summed E-state index contributed by atoms with van der Waals surface area (Å²) in [7, 11) is 1.54. The lowest BCUT2D eigenvalue weighted by molar-refractivity contribution is 0.272. The number of ether oxygens (including phenoxy) is 1. The van der Waals surface area contributed by atoms with E-state index in [9.17, 15) is 5.11 Å². The maximum Gasteiger partial charge on any atom is 0.166 e. The Hall–Kier alpha value is -2.69. The SMILES string of the molecule is COc1cccc(/C=N\N2CCN(c3ccccc3)CC2)c1O. The van der Waals surface area contributed by atoms with Gasteiger partial charge in [-0.15, -0.1) is 0 Å². The van der Waals surface area contributed by atoms with Crippen molar-refractivity contribution in [3.8, 4) is 11.5 Å². The van der Waals surface area contributed by atoms with Gasteiger partial charge in [0, 0.05) is 24.3 Å². The van der Waals surface area contributed by atoms with Crippen LogP contribution in [0.15, 0.2) is 53.6 Å². The molecule has 0 aliphatic carbocycles. The number of para-hydroxylation sites is 2. The minimum atomic E-state index is 0.127. The van der Waals surface area contributed by atoms with E-state index in [1.54, 1.807) is 19.4 Å². The van der Waals surface area contributed by atoms with Crippen molar-refractivity contribution in [1.29, 1.82) is 0 Å². The molecule has 1 N–H and O–H groups in total. The van der Waals surface area contributed by atoms with Crippen molar-refractivity contribution >= 4 is 11.9 Å². The molecule has 2 aromatic rings. The lowest BCUT2D eigenvalue weighted by Gasteiger charge is -2.34. The third kappa shape index (κ3) is 3.56. The topological polar surface area (TPSA) is 48.3 Å². The summed E-state index contributed by atoms with van der Waals surface area (Å²) < 4.78 is 5.11. The molecule has 1 aliphatic heterocycles. The number of piperazine rings is 1. The molecule has 1 fully saturated rings. The molecule has 0 spiro atoms. The van der Waals surface area contributed by atoms with Gasteiger partial charge in [-0.3, -0.25) is 5.01 Å². The van der Waals surface area contributed by atoms with E-state index in [2.05, 4.69) is 34.3 Å². The van der Waals surface area contributed by atoms with Crippen LogP contribution in [0.2, 0.25) is 0 Å². The molecular formula is C18H21N3O2. The van der Waals surface area contributed by atoms with E-state index in [1.165, 1.54) is 5.69 Å². The van der Waals surface area contributed by atoms with Crippen molar-refractivity contribution in [2.75, 3.05) is 38.2 Å². The average Bonchev–Trinajstić information content (AvgIpc) is 2.62. The molecule has 0 aromatic heterocycles. The van der Waals surface area contributed by atoms with Crippen molar-refractivity contribution in [1.82, 2.24) is 5.01 Å². The zero-order valence-corrected chi connectivity index (χ0v) is 13.2. The fourth-order valence-electron chi connectivity index (χ4n) is 2.66. The zero-order chi connectivity index (χ0) is 16.1. The third-order valence-corrected chi connectivity index (χ3v) is 3.99. The smallest absolute Gasteiger partial charge is 0.166 e. The van der Waals surface area contributed by atoms with Crippen molar-refractivity contribution in [2.24, 2.45) is 5.10 Å². The van der Waals surface area contributed by atoms with Gasteiger partial charge in [0.15, 0.2) is 11.5 Å². The fraction of sp³-hybridized carbons (Fsp3) is 0.278. The minimum Gasteiger partial charge on any atom is -0.504 e. The number of anilines is 1. The third-order valence-electron chi connectivity index (χ3n) is 3.99. The van der Waals surface area contributed by atoms with E-state index >= 15 is 0 Å². The number of hydrazone groups is 1. The van der Waals surface area contributed by atoms with E-state index in [0.29, 0.717) is 11.3 Å². The number of nitrogens with zero attached hydrogens (tertiary/aromatic N) is 3. The number of hydrogen-bond acceptors (Lipinski definition) is 5. The summed E-state index contributed by atoms with van der Waals surface area (Å²) in [6.45, 7) is 3.59. The summed E-state index contributed by atoms with van der Waals surface area (Å²) in [6, 6.07) is 15.8. The van der Waals surface area contributed by atoms with Gasteiger partial charge in [-0.25, -0.2) is 0 Å². The predicted octanol–water partition coefficient (Wildman–Crippen LogP) is 2.56. The first-order valence-corrected chi connectivity index (χ1v) is 7.73. The summed E-state index contributed by atoms with van der Waals surface area (Å²) in [6.07, 6.45) is 1.69. The van der Waals surface area contributed by atoms with Gasteiger partial charge in [0.1, 0.15) is 0 Å². The Kier molecular flexibility index (Phi) is 4.66. The van der Waals surface area contributed by atoms with Gasteiger partial charge < -0.3 is 14.7 Å². The average molecular weight is 311 g/mol. The molecule has 1 aliphatic rings. The van der Waals surface area contributed by atoms with Gasteiger partial charge in [0.05, 0.1) is 26.4 Å². The van der Waals surface area contributed by atoms with Crippen molar-refractivity contribution in [3.63, 3.8) is 0 Å². The molecule has 1 heterocycles. The van der Waals surface area contributed by atoms with Gasteiger partial charge >= 0.3 is 0 Å². The van der Waals surface area contributed by atoms with Gasteiger partial charge in [0.2, 0.25) is 0 Å². The normalized spacial score (nSPS) is 15.2. The van der Waals surface area contributed by atoms with Crippen molar-refractivity contribution in [2.45, 2.75) is 0 Å². The quantitative estimate of drug-likeness (QED) is 0.882. The Morgan fingerprint density at radius 2 is 1.74 bits per heavy atom. The van der Waals surface area contributed by atoms with Crippen LogP contribution in [-0.4, -0.2) is 49.6 Å². The minimum absolute atomic E-state index is 0.127. The van der Waals surface area contributed by atoms with Crippen LogP contribution >= 0.6 is 0 Å². The fourth-order valence-corrected chi connectivity index (χ4v) is 2.66.